The van der Waals surface area contributed by atoms with Gasteiger partial charge in [0.2, 0.25) is 0 Å². The molecule has 0 spiro atoms. The van der Waals surface area contributed by atoms with Crippen LogP contribution in [0.2, 0.25) is 5.02 Å². The Hall–Kier alpha value is -0.600. The van der Waals surface area contributed by atoms with E-state index in [-0.39, 0.29) is 17.3 Å². The molecule has 0 radical (unpaired) electrons. The SMILES string of the molecule is CNC(CC(C)(C)C)c1cc(F)ccc1Cl. The zero-order chi connectivity index (χ0) is 12.3. The Morgan fingerprint density at radius 3 is 2.50 bits per heavy atom. The minimum absolute atomic E-state index is 0.0863. The zero-order valence-corrected chi connectivity index (χ0v) is 11.0. The van der Waals surface area contributed by atoms with Gasteiger partial charge in [0.05, 0.1) is 0 Å². The minimum Gasteiger partial charge on any atom is -0.313 e. The molecule has 0 aliphatic rings. The monoisotopic (exact) mass is 243 g/mol. The smallest absolute Gasteiger partial charge is 0.123 e. The summed E-state index contributed by atoms with van der Waals surface area (Å²) in [5, 5.41) is 3.81. The highest BCUT2D eigenvalue weighted by atomic mass is 35.5. The molecule has 0 aromatic heterocycles. The number of hydrogen-bond acceptors (Lipinski definition) is 1. The summed E-state index contributed by atoms with van der Waals surface area (Å²) in [5.74, 6) is -0.242. The van der Waals surface area contributed by atoms with Crippen LogP contribution in [-0.4, -0.2) is 7.05 Å². The first-order chi connectivity index (χ1) is 7.33. The average Bonchev–Trinajstić information content (AvgIpc) is 2.17. The van der Waals surface area contributed by atoms with Gasteiger partial charge in [0.25, 0.3) is 0 Å². The van der Waals surface area contributed by atoms with E-state index < -0.39 is 0 Å². The van der Waals surface area contributed by atoms with Gasteiger partial charge >= 0.3 is 0 Å². The van der Waals surface area contributed by atoms with Crippen LogP contribution < -0.4 is 5.32 Å². The molecule has 16 heavy (non-hydrogen) atoms. The van der Waals surface area contributed by atoms with Gasteiger partial charge in [-0.3, -0.25) is 0 Å². The Bertz CT molecular complexity index is 357. The highest BCUT2D eigenvalue weighted by molar-refractivity contribution is 6.31. The van der Waals surface area contributed by atoms with E-state index in [1.165, 1.54) is 12.1 Å². The molecule has 0 heterocycles. The van der Waals surface area contributed by atoms with Gasteiger partial charge < -0.3 is 5.32 Å². The molecule has 1 aromatic rings. The fourth-order valence-corrected chi connectivity index (χ4v) is 2.01. The summed E-state index contributed by atoms with van der Waals surface area (Å²) in [4.78, 5) is 0. The predicted octanol–water partition coefficient (Wildman–Crippen LogP) is 4.18. The number of hydrogen-bond donors (Lipinski definition) is 1. The Labute approximate surface area is 102 Å². The molecular weight excluding hydrogens is 225 g/mol. The highest BCUT2D eigenvalue weighted by Crippen LogP contribution is 2.32. The molecule has 0 bridgehead atoms. The van der Waals surface area contributed by atoms with Crippen molar-refractivity contribution in [1.82, 2.24) is 5.32 Å². The fraction of sp³-hybridized carbons (Fsp3) is 0.538. The van der Waals surface area contributed by atoms with Gasteiger partial charge in [-0.2, -0.15) is 0 Å². The van der Waals surface area contributed by atoms with Crippen molar-refractivity contribution >= 4 is 11.6 Å². The van der Waals surface area contributed by atoms with Gasteiger partial charge in [0.15, 0.2) is 0 Å². The first kappa shape index (κ1) is 13.5. The normalized spacial score (nSPS) is 13.9. The van der Waals surface area contributed by atoms with Crippen LogP contribution in [0.5, 0.6) is 0 Å². The third-order valence-corrected chi connectivity index (χ3v) is 2.84. The second-order valence-corrected chi connectivity index (χ2v) is 5.68. The lowest BCUT2D eigenvalue weighted by atomic mass is 9.85. The van der Waals surface area contributed by atoms with E-state index in [9.17, 15) is 4.39 Å². The van der Waals surface area contributed by atoms with Crippen LogP contribution >= 0.6 is 11.6 Å². The van der Waals surface area contributed by atoms with E-state index in [4.69, 9.17) is 11.6 Å². The van der Waals surface area contributed by atoms with Gasteiger partial charge in [-0.05, 0) is 42.6 Å². The van der Waals surface area contributed by atoms with Crippen molar-refractivity contribution in [3.8, 4) is 0 Å². The van der Waals surface area contributed by atoms with Crippen LogP contribution in [0.1, 0.15) is 38.8 Å². The Balaban J connectivity index is 2.99. The standard InChI is InChI=1S/C13H19ClFN/c1-13(2,3)8-12(16-4)10-7-9(15)5-6-11(10)14/h5-7,12,16H,8H2,1-4H3. The van der Waals surface area contributed by atoms with E-state index in [1.807, 2.05) is 7.05 Å². The third-order valence-electron chi connectivity index (χ3n) is 2.50. The van der Waals surface area contributed by atoms with Crippen molar-refractivity contribution in [3.05, 3.63) is 34.6 Å². The third kappa shape index (κ3) is 3.76. The number of halogens is 2. The van der Waals surface area contributed by atoms with Gasteiger partial charge in [0, 0.05) is 11.1 Å². The molecule has 90 valence electrons. The van der Waals surface area contributed by atoms with Crippen molar-refractivity contribution in [2.24, 2.45) is 5.41 Å². The van der Waals surface area contributed by atoms with E-state index >= 15 is 0 Å². The number of benzene rings is 1. The largest absolute Gasteiger partial charge is 0.313 e. The Kier molecular flexibility index (Phi) is 4.34. The van der Waals surface area contributed by atoms with Crippen LogP contribution in [0.3, 0.4) is 0 Å². The number of nitrogens with one attached hydrogen (secondary N) is 1. The second kappa shape index (κ2) is 5.15. The molecule has 0 saturated heterocycles. The molecule has 0 aliphatic heterocycles. The molecule has 1 nitrogen and oxygen atoms in total. The van der Waals surface area contributed by atoms with Crippen LogP contribution in [0.25, 0.3) is 0 Å². The first-order valence-electron chi connectivity index (χ1n) is 5.46. The second-order valence-electron chi connectivity index (χ2n) is 5.27. The van der Waals surface area contributed by atoms with Crippen molar-refractivity contribution in [2.75, 3.05) is 7.05 Å². The molecule has 1 aromatic carbocycles. The molecule has 1 atom stereocenters. The van der Waals surface area contributed by atoms with Crippen LogP contribution in [0.4, 0.5) is 4.39 Å². The molecule has 1 N–H and O–H groups in total. The van der Waals surface area contributed by atoms with Gasteiger partial charge in [-0.1, -0.05) is 32.4 Å². The molecule has 3 heteroatoms. The lowest BCUT2D eigenvalue weighted by Crippen LogP contribution is -2.22. The van der Waals surface area contributed by atoms with Crippen LogP contribution in [0, 0.1) is 11.2 Å². The lowest BCUT2D eigenvalue weighted by Gasteiger charge is -2.26. The summed E-state index contributed by atoms with van der Waals surface area (Å²) in [7, 11) is 1.87. The summed E-state index contributed by atoms with van der Waals surface area (Å²) < 4.78 is 13.2. The fourth-order valence-electron chi connectivity index (χ4n) is 1.76. The summed E-state index contributed by atoms with van der Waals surface area (Å²) in [6, 6.07) is 4.59. The maximum absolute atomic E-state index is 13.2. The first-order valence-corrected chi connectivity index (χ1v) is 5.83. The quantitative estimate of drug-likeness (QED) is 0.840. The maximum Gasteiger partial charge on any atom is 0.123 e. The van der Waals surface area contributed by atoms with Crippen molar-refractivity contribution in [2.45, 2.75) is 33.2 Å². The van der Waals surface area contributed by atoms with E-state index in [2.05, 4.69) is 26.1 Å². The predicted molar refractivity (Wildman–Crippen MR) is 67.3 cm³/mol. The van der Waals surface area contributed by atoms with Gasteiger partial charge in [-0.25, -0.2) is 4.39 Å². The number of rotatable bonds is 3. The highest BCUT2D eigenvalue weighted by Gasteiger charge is 2.21. The zero-order valence-electron chi connectivity index (χ0n) is 10.3. The minimum atomic E-state index is -0.242. The molecule has 0 fully saturated rings. The van der Waals surface area contributed by atoms with Crippen LogP contribution in [-0.2, 0) is 0 Å². The molecule has 1 unspecified atom stereocenters. The average molecular weight is 244 g/mol. The molecule has 0 saturated carbocycles. The summed E-state index contributed by atoms with van der Waals surface area (Å²) in [5.41, 5.74) is 1.00. The van der Waals surface area contributed by atoms with E-state index in [0.717, 1.165) is 12.0 Å². The topological polar surface area (TPSA) is 12.0 Å². The van der Waals surface area contributed by atoms with Gasteiger partial charge in [0.1, 0.15) is 5.82 Å². The summed E-state index contributed by atoms with van der Waals surface area (Å²) in [6.07, 6.45) is 0.909. The van der Waals surface area contributed by atoms with Crippen molar-refractivity contribution < 1.29 is 4.39 Å². The molecule has 0 amide bonds. The maximum atomic E-state index is 13.2. The molecule has 0 aliphatic carbocycles. The molecule has 1 rings (SSSR count). The molecular formula is C13H19ClFN. The van der Waals surface area contributed by atoms with Crippen molar-refractivity contribution in [1.29, 1.82) is 0 Å². The van der Waals surface area contributed by atoms with E-state index in [0.29, 0.717) is 5.02 Å². The van der Waals surface area contributed by atoms with E-state index in [1.54, 1.807) is 6.07 Å². The lowest BCUT2D eigenvalue weighted by molar-refractivity contribution is 0.320. The summed E-state index contributed by atoms with van der Waals surface area (Å²) in [6.45, 7) is 6.47. The van der Waals surface area contributed by atoms with Gasteiger partial charge in [-0.15, -0.1) is 0 Å². The van der Waals surface area contributed by atoms with Crippen molar-refractivity contribution in [3.63, 3.8) is 0 Å². The Morgan fingerprint density at radius 2 is 2.00 bits per heavy atom. The van der Waals surface area contributed by atoms with Crippen LogP contribution in [0.15, 0.2) is 18.2 Å². The Morgan fingerprint density at radius 1 is 1.38 bits per heavy atom. The summed E-state index contributed by atoms with van der Waals surface area (Å²) >= 11 is 6.09.